The van der Waals surface area contributed by atoms with Crippen molar-refractivity contribution in [3.05, 3.63) is 34.6 Å². The van der Waals surface area contributed by atoms with Crippen molar-refractivity contribution in [2.75, 3.05) is 0 Å². The minimum absolute atomic E-state index is 0.285. The average Bonchev–Trinajstić information content (AvgIpc) is 1.88. The van der Waals surface area contributed by atoms with E-state index in [1.165, 1.54) is 5.54 Å². The SMILES string of the molecule is CC(=C/C(Cl)=C/O)/C=C/Cl. The molecular formula is C7H8Cl2O. The van der Waals surface area contributed by atoms with Crippen LogP contribution in [0.5, 0.6) is 0 Å². The first-order valence-corrected chi connectivity index (χ1v) is 3.47. The number of aliphatic hydroxyl groups excluding tert-OH is 1. The second-order valence-corrected chi connectivity index (χ2v) is 2.38. The van der Waals surface area contributed by atoms with Crippen molar-refractivity contribution in [2.24, 2.45) is 0 Å². The predicted molar refractivity (Wildman–Crippen MR) is 45.3 cm³/mol. The van der Waals surface area contributed by atoms with Crippen LogP contribution in [0, 0.1) is 0 Å². The Balaban J connectivity index is 4.16. The minimum Gasteiger partial charge on any atom is -0.514 e. The van der Waals surface area contributed by atoms with Gasteiger partial charge in [-0.05, 0) is 24.6 Å². The zero-order chi connectivity index (χ0) is 7.98. The predicted octanol–water partition coefficient (Wildman–Crippen LogP) is 3.32. The van der Waals surface area contributed by atoms with Crippen LogP contribution < -0.4 is 0 Å². The van der Waals surface area contributed by atoms with Gasteiger partial charge in [0.25, 0.3) is 0 Å². The molecule has 0 saturated heterocycles. The first-order chi connectivity index (χ1) is 4.70. The molecule has 1 nitrogen and oxygen atoms in total. The lowest BCUT2D eigenvalue weighted by Crippen LogP contribution is -1.68. The molecule has 0 aliphatic rings. The average molecular weight is 179 g/mol. The van der Waals surface area contributed by atoms with Gasteiger partial charge in [-0.1, -0.05) is 23.2 Å². The summed E-state index contributed by atoms with van der Waals surface area (Å²) >= 11 is 10.7. The third-order valence-electron chi connectivity index (χ3n) is 0.815. The minimum atomic E-state index is 0.285. The van der Waals surface area contributed by atoms with Gasteiger partial charge < -0.3 is 5.11 Å². The van der Waals surface area contributed by atoms with E-state index in [-0.39, 0.29) is 5.03 Å². The molecule has 0 aromatic rings. The molecule has 56 valence electrons. The van der Waals surface area contributed by atoms with Crippen molar-refractivity contribution in [1.29, 1.82) is 0 Å². The molecule has 0 amide bonds. The van der Waals surface area contributed by atoms with E-state index in [0.717, 1.165) is 11.8 Å². The highest BCUT2D eigenvalue weighted by atomic mass is 35.5. The Labute approximate surface area is 70.3 Å². The number of allylic oxidation sites excluding steroid dienone is 4. The van der Waals surface area contributed by atoms with E-state index in [1.807, 2.05) is 6.92 Å². The molecule has 0 aliphatic carbocycles. The van der Waals surface area contributed by atoms with Crippen molar-refractivity contribution < 1.29 is 5.11 Å². The molecule has 0 radical (unpaired) electrons. The normalized spacial score (nSPS) is 14.7. The van der Waals surface area contributed by atoms with Crippen molar-refractivity contribution in [1.82, 2.24) is 0 Å². The highest BCUT2D eigenvalue weighted by Crippen LogP contribution is 2.06. The molecule has 0 heterocycles. The van der Waals surface area contributed by atoms with Gasteiger partial charge in [0.05, 0.1) is 11.3 Å². The summed E-state index contributed by atoms with van der Waals surface area (Å²) in [7, 11) is 0. The summed E-state index contributed by atoms with van der Waals surface area (Å²) in [5.41, 5.74) is 2.26. The molecule has 0 bridgehead atoms. The highest BCUT2D eigenvalue weighted by molar-refractivity contribution is 6.31. The monoisotopic (exact) mass is 178 g/mol. The van der Waals surface area contributed by atoms with Crippen LogP contribution in [0.15, 0.2) is 34.6 Å². The fraction of sp³-hybridized carbons (Fsp3) is 0.143. The zero-order valence-electron chi connectivity index (χ0n) is 5.51. The van der Waals surface area contributed by atoms with Crippen molar-refractivity contribution >= 4 is 23.2 Å². The molecule has 1 N–H and O–H groups in total. The van der Waals surface area contributed by atoms with E-state index >= 15 is 0 Å². The van der Waals surface area contributed by atoms with Gasteiger partial charge in [-0.3, -0.25) is 0 Å². The Kier molecular flexibility index (Phi) is 5.17. The maximum atomic E-state index is 8.36. The highest BCUT2D eigenvalue weighted by Gasteiger charge is 1.84. The van der Waals surface area contributed by atoms with Gasteiger partial charge in [0.2, 0.25) is 0 Å². The first kappa shape index (κ1) is 9.60. The van der Waals surface area contributed by atoms with Crippen molar-refractivity contribution in [3.63, 3.8) is 0 Å². The molecule has 0 spiro atoms. The molecule has 0 aromatic heterocycles. The number of hydrogen-bond donors (Lipinski definition) is 1. The van der Waals surface area contributed by atoms with E-state index in [0.29, 0.717) is 0 Å². The van der Waals surface area contributed by atoms with Gasteiger partial charge in [-0.2, -0.15) is 0 Å². The Bertz CT molecular complexity index is 180. The molecule has 0 saturated carbocycles. The molecule has 0 rings (SSSR count). The fourth-order valence-electron chi connectivity index (χ4n) is 0.402. The molecule has 0 aromatic carbocycles. The van der Waals surface area contributed by atoms with Gasteiger partial charge in [0.15, 0.2) is 0 Å². The van der Waals surface area contributed by atoms with Gasteiger partial charge in [0.1, 0.15) is 0 Å². The quantitative estimate of drug-likeness (QED) is 0.509. The molecule has 0 aliphatic heterocycles. The van der Waals surface area contributed by atoms with Gasteiger partial charge in [0, 0.05) is 5.54 Å². The fourth-order valence-corrected chi connectivity index (χ4v) is 0.773. The summed E-state index contributed by atoms with van der Waals surface area (Å²) < 4.78 is 0. The van der Waals surface area contributed by atoms with Crippen LogP contribution in [0.3, 0.4) is 0 Å². The van der Waals surface area contributed by atoms with Crippen LogP contribution in [0.25, 0.3) is 0 Å². The van der Waals surface area contributed by atoms with E-state index in [1.54, 1.807) is 12.2 Å². The Morgan fingerprint density at radius 1 is 1.50 bits per heavy atom. The molecule has 0 fully saturated rings. The van der Waals surface area contributed by atoms with E-state index in [4.69, 9.17) is 28.3 Å². The summed E-state index contributed by atoms with van der Waals surface area (Å²) in [6.45, 7) is 1.82. The Morgan fingerprint density at radius 2 is 2.10 bits per heavy atom. The van der Waals surface area contributed by atoms with E-state index in [9.17, 15) is 0 Å². The first-order valence-electron chi connectivity index (χ1n) is 2.65. The summed E-state index contributed by atoms with van der Waals surface area (Å²) in [4.78, 5) is 0. The summed E-state index contributed by atoms with van der Waals surface area (Å²) in [5.74, 6) is 0. The molecule has 0 atom stereocenters. The molecule has 10 heavy (non-hydrogen) atoms. The Hall–Kier alpha value is -0.400. The van der Waals surface area contributed by atoms with Crippen LogP contribution in [-0.4, -0.2) is 5.11 Å². The lowest BCUT2D eigenvalue weighted by molar-refractivity contribution is 0.472. The maximum Gasteiger partial charge on any atom is 0.0978 e. The summed E-state index contributed by atoms with van der Waals surface area (Å²) in [6.07, 6.45) is 4.10. The zero-order valence-corrected chi connectivity index (χ0v) is 7.02. The lowest BCUT2D eigenvalue weighted by Gasteiger charge is -1.88. The van der Waals surface area contributed by atoms with E-state index in [2.05, 4.69) is 0 Å². The summed E-state index contributed by atoms with van der Waals surface area (Å²) in [6, 6.07) is 0. The molecule has 3 heteroatoms. The largest absolute Gasteiger partial charge is 0.514 e. The number of hydrogen-bond acceptors (Lipinski definition) is 1. The second kappa shape index (κ2) is 5.39. The standard InChI is InChI=1S/C7H8Cl2O/c1-6(2-3-8)4-7(9)5-10/h2-5,10H,1H3/b3-2+,6-4-,7-5-. The number of rotatable bonds is 2. The summed E-state index contributed by atoms with van der Waals surface area (Å²) in [5, 5.41) is 8.64. The number of aliphatic hydroxyl groups is 1. The molecular weight excluding hydrogens is 171 g/mol. The maximum absolute atomic E-state index is 8.36. The molecule has 0 unspecified atom stereocenters. The third-order valence-corrected chi connectivity index (χ3v) is 1.15. The van der Waals surface area contributed by atoms with Crippen LogP contribution in [-0.2, 0) is 0 Å². The second-order valence-electron chi connectivity index (χ2n) is 1.69. The van der Waals surface area contributed by atoms with Crippen LogP contribution >= 0.6 is 23.2 Å². The topological polar surface area (TPSA) is 20.2 Å². The van der Waals surface area contributed by atoms with Crippen molar-refractivity contribution in [2.45, 2.75) is 6.92 Å². The van der Waals surface area contributed by atoms with Gasteiger partial charge in [-0.25, -0.2) is 0 Å². The van der Waals surface area contributed by atoms with Gasteiger partial charge >= 0.3 is 0 Å². The smallest absolute Gasteiger partial charge is 0.0978 e. The van der Waals surface area contributed by atoms with Crippen LogP contribution in [0.2, 0.25) is 0 Å². The van der Waals surface area contributed by atoms with Crippen LogP contribution in [0.1, 0.15) is 6.92 Å². The number of halogens is 2. The van der Waals surface area contributed by atoms with E-state index < -0.39 is 0 Å². The van der Waals surface area contributed by atoms with Gasteiger partial charge in [-0.15, -0.1) is 0 Å². The third kappa shape index (κ3) is 4.48. The van der Waals surface area contributed by atoms with Crippen molar-refractivity contribution in [3.8, 4) is 0 Å². The lowest BCUT2D eigenvalue weighted by atomic mass is 10.3. The van der Waals surface area contributed by atoms with Crippen LogP contribution in [0.4, 0.5) is 0 Å². The Morgan fingerprint density at radius 3 is 2.50 bits per heavy atom.